The normalized spacial score (nSPS) is 11.8. The molecule has 0 saturated heterocycles. The highest BCUT2D eigenvalue weighted by atomic mass is 32.3. The van der Waals surface area contributed by atoms with Gasteiger partial charge in [0.15, 0.2) is 0 Å². The SMILES string of the molecule is CS(=O)(=O)Nc1ccc(NC(=O)c2ccc(S(=O)(=O)F)cc2)cc1O. The lowest BCUT2D eigenvalue weighted by molar-refractivity contribution is 0.102. The van der Waals surface area contributed by atoms with E-state index < -0.39 is 36.8 Å². The summed E-state index contributed by atoms with van der Waals surface area (Å²) in [6, 6.07) is 7.88. The summed E-state index contributed by atoms with van der Waals surface area (Å²) < 4.78 is 58.6. The van der Waals surface area contributed by atoms with Crippen LogP contribution in [0.2, 0.25) is 0 Å². The lowest BCUT2D eigenvalue weighted by Crippen LogP contribution is -2.13. The molecule has 0 heterocycles. The fraction of sp³-hybridized carbons (Fsp3) is 0.0714. The van der Waals surface area contributed by atoms with Crippen molar-refractivity contribution in [3.63, 3.8) is 0 Å². The third-order valence-corrected chi connectivity index (χ3v) is 4.37. The molecule has 11 heteroatoms. The lowest BCUT2D eigenvalue weighted by Gasteiger charge is -2.10. The molecule has 0 aliphatic heterocycles. The second-order valence-corrected chi connectivity index (χ2v) is 8.12. The maximum atomic E-state index is 12.8. The Morgan fingerprint density at radius 3 is 2.12 bits per heavy atom. The van der Waals surface area contributed by atoms with Gasteiger partial charge in [-0.05, 0) is 36.4 Å². The minimum absolute atomic E-state index is 0.0574. The van der Waals surface area contributed by atoms with Gasteiger partial charge in [0.1, 0.15) is 5.75 Å². The van der Waals surface area contributed by atoms with E-state index in [1.807, 2.05) is 0 Å². The number of hydrogen-bond acceptors (Lipinski definition) is 6. The zero-order chi connectivity index (χ0) is 18.8. The predicted octanol–water partition coefficient (Wildman–Crippen LogP) is 1.67. The summed E-state index contributed by atoms with van der Waals surface area (Å²) in [5, 5.41) is 12.2. The highest BCUT2D eigenvalue weighted by molar-refractivity contribution is 7.92. The van der Waals surface area contributed by atoms with E-state index >= 15 is 0 Å². The number of nitrogens with one attached hydrogen (secondary N) is 2. The summed E-state index contributed by atoms with van der Waals surface area (Å²) in [6.45, 7) is 0. The number of anilines is 2. The van der Waals surface area contributed by atoms with E-state index in [1.165, 1.54) is 12.1 Å². The molecule has 0 bridgehead atoms. The van der Waals surface area contributed by atoms with E-state index in [2.05, 4.69) is 10.0 Å². The maximum absolute atomic E-state index is 12.8. The summed E-state index contributed by atoms with van der Waals surface area (Å²) in [7, 11) is -8.42. The van der Waals surface area contributed by atoms with Crippen molar-refractivity contribution in [1.29, 1.82) is 0 Å². The molecule has 0 spiro atoms. The van der Waals surface area contributed by atoms with Gasteiger partial charge in [-0.15, -0.1) is 3.89 Å². The number of phenols is 1. The first-order valence-electron chi connectivity index (χ1n) is 6.62. The molecule has 134 valence electrons. The van der Waals surface area contributed by atoms with E-state index in [0.717, 1.165) is 36.6 Å². The first-order valence-corrected chi connectivity index (χ1v) is 9.90. The van der Waals surface area contributed by atoms with Crippen molar-refractivity contribution in [1.82, 2.24) is 0 Å². The number of halogens is 1. The Morgan fingerprint density at radius 2 is 1.64 bits per heavy atom. The van der Waals surface area contributed by atoms with E-state index in [1.54, 1.807) is 0 Å². The van der Waals surface area contributed by atoms with Gasteiger partial charge in [0.05, 0.1) is 16.8 Å². The van der Waals surface area contributed by atoms with Gasteiger partial charge in [0.2, 0.25) is 10.0 Å². The molecule has 0 saturated carbocycles. The van der Waals surface area contributed by atoms with Crippen molar-refractivity contribution in [2.45, 2.75) is 4.90 Å². The molecular weight excluding hydrogens is 375 g/mol. The van der Waals surface area contributed by atoms with Crippen molar-refractivity contribution in [2.75, 3.05) is 16.3 Å². The van der Waals surface area contributed by atoms with Crippen LogP contribution in [-0.2, 0) is 20.2 Å². The fourth-order valence-electron chi connectivity index (χ4n) is 1.87. The summed E-state index contributed by atoms with van der Waals surface area (Å²) >= 11 is 0. The molecule has 2 aromatic carbocycles. The molecule has 8 nitrogen and oxygen atoms in total. The van der Waals surface area contributed by atoms with Gasteiger partial charge >= 0.3 is 10.2 Å². The van der Waals surface area contributed by atoms with E-state index in [-0.39, 0.29) is 16.9 Å². The minimum atomic E-state index is -4.85. The largest absolute Gasteiger partial charge is 0.506 e. The summed E-state index contributed by atoms with van der Waals surface area (Å²) in [4.78, 5) is 11.5. The van der Waals surface area contributed by atoms with Crippen molar-refractivity contribution in [2.24, 2.45) is 0 Å². The van der Waals surface area contributed by atoms with Crippen LogP contribution in [0.25, 0.3) is 0 Å². The van der Waals surface area contributed by atoms with Gasteiger partial charge in [0, 0.05) is 17.3 Å². The molecule has 0 atom stereocenters. The quantitative estimate of drug-likeness (QED) is 0.528. The van der Waals surface area contributed by atoms with E-state index in [9.17, 15) is 30.6 Å². The first kappa shape index (κ1) is 18.7. The Balaban J connectivity index is 2.16. The standard InChI is InChI=1S/C14H13FN2O6S2/c1-24(20,21)17-12-7-4-10(8-13(12)18)16-14(19)9-2-5-11(6-3-9)25(15,22)23/h2-8,17-18H,1H3,(H,16,19). The van der Waals surface area contributed by atoms with Crippen molar-refractivity contribution >= 4 is 37.5 Å². The molecule has 2 rings (SSSR count). The number of rotatable bonds is 5. The Hall–Kier alpha value is -2.66. The molecule has 3 N–H and O–H groups in total. The average Bonchev–Trinajstić information content (AvgIpc) is 2.48. The number of sulfonamides is 1. The second kappa shape index (κ2) is 6.69. The topological polar surface area (TPSA) is 130 Å². The maximum Gasteiger partial charge on any atom is 0.332 e. The van der Waals surface area contributed by atoms with Crippen LogP contribution in [-0.4, -0.2) is 34.1 Å². The zero-order valence-electron chi connectivity index (χ0n) is 12.7. The number of amides is 1. The smallest absolute Gasteiger partial charge is 0.332 e. The van der Waals surface area contributed by atoms with Crippen molar-refractivity contribution in [3.05, 3.63) is 48.0 Å². The van der Waals surface area contributed by atoms with Crippen LogP contribution in [0.1, 0.15) is 10.4 Å². The van der Waals surface area contributed by atoms with Crippen LogP contribution < -0.4 is 10.0 Å². The van der Waals surface area contributed by atoms with Gasteiger partial charge in [-0.2, -0.15) is 8.42 Å². The minimum Gasteiger partial charge on any atom is -0.506 e. The highest BCUT2D eigenvalue weighted by Crippen LogP contribution is 2.27. The van der Waals surface area contributed by atoms with Crippen LogP contribution in [0.5, 0.6) is 5.75 Å². The molecule has 25 heavy (non-hydrogen) atoms. The number of carbonyl (C=O) groups excluding carboxylic acids is 1. The van der Waals surface area contributed by atoms with Gasteiger partial charge < -0.3 is 10.4 Å². The molecule has 2 aromatic rings. The van der Waals surface area contributed by atoms with Crippen LogP contribution >= 0.6 is 0 Å². The Labute approximate surface area is 143 Å². The first-order chi connectivity index (χ1) is 11.5. The van der Waals surface area contributed by atoms with E-state index in [0.29, 0.717) is 0 Å². The molecule has 0 aromatic heterocycles. The Bertz CT molecular complexity index is 1020. The van der Waals surface area contributed by atoms with Crippen LogP contribution in [0.4, 0.5) is 15.3 Å². The summed E-state index contributed by atoms with van der Waals surface area (Å²) in [6.07, 6.45) is 0.920. The fourth-order valence-corrected chi connectivity index (χ4v) is 2.90. The molecule has 0 aliphatic carbocycles. The van der Waals surface area contributed by atoms with Gasteiger partial charge in [0.25, 0.3) is 5.91 Å². The number of aromatic hydroxyl groups is 1. The molecule has 0 fully saturated rings. The molecule has 1 amide bonds. The molecular formula is C14H13FN2O6S2. The number of carbonyl (C=O) groups is 1. The predicted molar refractivity (Wildman–Crippen MR) is 89.3 cm³/mol. The monoisotopic (exact) mass is 388 g/mol. The van der Waals surface area contributed by atoms with Gasteiger partial charge in [-0.1, -0.05) is 0 Å². The molecule has 0 unspecified atom stereocenters. The highest BCUT2D eigenvalue weighted by Gasteiger charge is 2.14. The van der Waals surface area contributed by atoms with Gasteiger partial charge in [-0.25, -0.2) is 8.42 Å². The third-order valence-electron chi connectivity index (χ3n) is 2.95. The van der Waals surface area contributed by atoms with E-state index in [4.69, 9.17) is 0 Å². The zero-order valence-corrected chi connectivity index (χ0v) is 14.4. The summed E-state index contributed by atoms with van der Waals surface area (Å²) in [5.74, 6) is -1.03. The number of benzene rings is 2. The van der Waals surface area contributed by atoms with Crippen molar-refractivity contribution < 1.29 is 30.6 Å². The molecule has 0 aliphatic rings. The Kier molecular flexibility index (Phi) is 4.99. The van der Waals surface area contributed by atoms with Crippen LogP contribution in [0.3, 0.4) is 0 Å². The number of hydrogen-bond donors (Lipinski definition) is 3. The van der Waals surface area contributed by atoms with Crippen molar-refractivity contribution in [3.8, 4) is 5.75 Å². The molecule has 0 radical (unpaired) electrons. The third kappa shape index (κ3) is 5.16. The van der Waals surface area contributed by atoms with Gasteiger partial charge in [-0.3, -0.25) is 9.52 Å². The van der Waals surface area contributed by atoms with Crippen LogP contribution in [0.15, 0.2) is 47.4 Å². The average molecular weight is 388 g/mol. The second-order valence-electron chi connectivity index (χ2n) is 5.02. The number of phenolic OH excluding ortho intramolecular Hbond substituents is 1. The lowest BCUT2D eigenvalue weighted by atomic mass is 10.2. The Morgan fingerprint density at radius 1 is 1.04 bits per heavy atom. The van der Waals surface area contributed by atoms with Crippen LogP contribution in [0, 0.1) is 0 Å². The summed E-state index contributed by atoms with van der Waals surface area (Å²) in [5.41, 5.74) is 0.173.